The average Bonchev–Trinajstić information content (AvgIpc) is 3.31. The summed E-state index contributed by atoms with van der Waals surface area (Å²) in [6, 6.07) is 14.1. The quantitative estimate of drug-likeness (QED) is 0.129. The number of halogens is 5. The van der Waals surface area contributed by atoms with E-state index in [2.05, 4.69) is 37.8 Å². The molecule has 2 N–H and O–H groups in total. The zero-order valence-corrected chi connectivity index (χ0v) is 26.7. The normalized spacial score (nSPS) is 29.5. The van der Waals surface area contributed by atoms with Crippen molar-refractivity contribution >= 4 is 11.8 Å². The topological polar surface area (TPSA) is 49.7 Å². The van der Waals surface area contributed by atoms with E-state index < -0.39 is 18.5 Å². The zero-order chi connectivity index (χ0) is 32.5. The van der Waals surface area contributed by atoms with Gasteiger partial charge in [0.15, 0.2) is 0 Å². The molecule has 0 spiro atoms. The predicted octanol–water partition coefficient (Wildman–Crippen LogP) is 9.82. The predicted molar refractivity (Wildman–Crippen MR) is 169 cm³/mol. The van der Waals surface area contributed by atoms with E-state index in [0.717, 1.165) is 62.9 Å². The SMILES string of the molecule is C=C[C@@]12CCc3cc(O)ccc3C1[C@@H](c1ccc(OCCCCCSCCCC(F)(F)C(F)(F)F)cc1)C[C@@]1(C)C2CC[C@@H]1O. The van der Waals surface area contributed by atoms with Crippen LogP contribution in [0.15, 0.2) is 55.1 Å². The van der Waals surface area contributed by atoms with Gasteiger partial charge in [-0.15, -0.1) is 6.58 Å². The average molecular weight is 653 g/mol. The van der Waals surface area contributed by atoms with E-state index in [4.69, 9.17) is 4.74 Å². The number of aromatic hydroxyl groups is 1. The molecule has 0 bridgehead atoms. The summed E-state index contributed by atoms with van der Waals surface area (Å²) in [6.45, 7) is 7.18. The van der Waals surface area contributed by atoms with E-state index in [1.807, 2.05) is 18.2 Å². The number of thioether (sulfide) groups is 1. The number of hydrogen-bond donors (Lipinski definition) is 2. The first-order valence-electron chi connectivity index (χ1n) is 16.2. The van der Waals surface area contributed by atoms with E-state index in [-0.39, 0.29) is 40.9 Å². The summed E-state index contributed by atoms with van der Waals surface area (Å²) in [5.41, 5.74) is 3.35. The number of aryl methyl sites for hydroxylation is 1. The van der Waals surface area contributed by atoms with Crippen LogP contribution in [0.4, 0.5) is 22.0 Å². The number of fused-ring (bicyclic) bond motifs is 5. The number of benzene rings is 2. The molecule has 2 fully saturated rings. The number of ether oxygens (including phenoxy) is 1. The molecular weight excluding hydrogens is 607 g/mol. The maximum atomic E-state index is 13.0. The molecule has 2 unspecified atom stereocenters. The molecule has 0 radical (unpaired) electrons. The lowest BCUT2D eigenvalue weighted by Gasteiger charge is -2.60. The van der Waals surface area contributed by atoms with Crippen molar-refractivity contribution in [2.45, 2.75) is 101 Å². The highest BCUT2D eigenvalue weighted by Gasteiger charge is 2.63. The highest BCUT2D eigenvalue weighted by Crippen LogP contribution is 2.71. The molecule has 3 aliphatic carbocycles. The molecular formula is C36H45F5O3S. The van der Waals surface area contributed by atoms with Crippen molar-refractivity contribution in [3.05, 3.63) is 71.8 Å². The Morgan fingerprint density at radius 3 is 2.44 bits per heavy atom. The van der Waals surface area contributed by atoms with Gasteiger partial charge in [-0.2, -0.15) is 33.7 Å². The third-order valence-corrected chi connectivity index (χ3v) is 12.1. The molecule has 0 heterocycles. The van der Waals surface area contributed by atoms with Gasteiger partial charge in [0.25, 0.3) is 0 Å². The van der Waals surface area contributed by atoms with Crippen molar-refractivity contribution in [1.82, 2.24) is 0 Å². The smallest absolute Gasteiger partial charge is 0.453 e. The highest BCUT2D eigenvalue weighted by molar-refractivity contribution is 7.99. The molecule has 248 valence electrons. The molecule has 3 nitrogen and oxygen atoms in total. The monoisotopic (exact) mass is 652 g/mol. The number of unbranched alkanes of at least 4 members (excludes halogenated alkanes) is 2. The van der Waals surface area contributed by atoms with Crippen LogP contribution in [-0.2, 0) is 6.42 Å². The van der Waals surface area contributed by atoms with Crippen LogP contribution in [0, 0.1) is 16.7 Å². The van der Waals surface area contributed by atoms with E-state index in [9.17, 15) is 32.2 Å². The fourth-order valence-electron chi connectivity index (χ4n) is 8.67. The number of hydrogen-bond acceptors (Lipinski definition) is 4. The van der Waals surface area contributed by atoms with Gasteiger partial charge in [0.1, 0.15) is 11.5 Å². The van der Waals surface area contributed by atoms with Crippen molar-refractivity contribution in [2.24, 2.45) is 16.7 Å². The lowest BCUT2D eigenvalue weighted by Crippen LogP contribution is -2.53. The second-order valence-electron chi connectivity index (χ2n) is 13.5. The van der Waals surface area contributed by atoms with Crippen LogP contribution in [0.3, 0.4) is 0 Å². The van der Waals surface area contributed by atoms with Crippen LogP contribution >= 0.6 is 11.8 Å². The van der Waals surface area contributed by atoms with Gasteiger partial charge < -0.3 is 14.9 Å². The number of aliphatic hydroxyl groups excluding tert-OH is 1. The van der Waals surface area contributed by atoms with Crippen molar-refractivity contribution < 1.29 is 36.9 Å². The lowest BCUT2D eigenvalue weighted by molar-refractivity contribution is -0.284. The van der Waals surface area contributed by atoms with Crippen LogP contribution in [0.1, 0.15) is 93.2 Å². The van der Waals surface area contributed by atoms with Crippen LogP contribution in [0.5, 0.6) is 11.5 Å². The summed E-state index contributed by atoms with van der Waals surface area (Å²) >= 11 is 1.41. The maximum Gasteiger partial charge on any atom is 0.453 e. The van der Waals surface area contributed by atoms with E-state index in [1.54, 1.807) is 6.07 Å². The van der Waals surface area contributed by atoms with Crippen molar-refractivity contribution in [2.75, 3.05) is 18.1 Å². The molecule has 0 aromatic heterocycles. The van der Waals surface area contributed by atoms with Gasteiger partial charge in [-0.1, -0.05) is 31.2 Å². The van der Waals surface area contributed by atoms with Crippen LogP contribution in [0.2, 0.25) is 0 Å². The molecule has 0 saturated heterocycles. The van der Waals surface area contributed by atoms with E-state index in [0.29, 0.717) is 18.3 Å². The fraction of sp³-hybridized carbons (Fsp3) is 0.611. The van der Waals surface area contributed by atoms with Crippen LogP contribution < -0.4 is 4.74 Å². The summed E-state index contributed by atoms with van der Waals surface area (Å²) in [5, 5.41) is 21.5. The number of aliphatic hydroxyl groups is 1. The number of phenols is 1. The minimum atomic E-state index is -5.47. The minimum absolute atomic E-state index is 0.138. The first-order valence-corrected chi connectivity index (χ1v) is 17.4. The molecule has 45 heavy (non-hydrogen) atoms. The third-order valence-electron chi connectivity index (χ3n) is 10.9. The molecule has 3 aliphatic rings. The summed E-state index contributed by atoms with van der Waals surface area (Å²) in [7, 11) is 0. The Morgan fingerprint density at radius 1 is 1.00 bits per heavy atom. The number of rotatable bonds is 13. The summed E-state index contributed by atoms with van der Waals surface area (Å²) in [6.07, 6.45) is 2.11. The second kappa shape index (κ2) is 13.5. The van der Waals surface area contributed by atoms with Crippen molar-refractivity contribution in [1.29, 1.82) is 0 Å². The number of phenolic OH excluding ortho intramolecular Hbond substituents is 1. The first kappa shape index (κ1) is 34.1. The van der Waals surface area contributed by atoms with Gasteiger partial charge in [-0.3, -0.25) is 0 Å². The van der Waals surface area contributed by atoms with Crippen molar-refractivity contribution in [3.8, 4) is 11.5 Å². The lowest BCUT2D eigenvalue weighted by atomic mass is 9.44. The van der Waals surface area contributed by atoms with E-state index in [1.165, 1.54) is 28.5 Å². The highest BCUT2D eigenvalue weighted by atomic mass is 32.2. The van der Waals surface area contributed by atoms with Gasteiger partial charge in [-0.25, -0.2) is 0 Å². The molecule has 6 atom stereocenters. The van der Waals surface area contributed by atoms with Crippen molar-refractivity contribution in [3.63, 3.8) is 0 Å². The standard InChI is InChI=1S/C36H45F5O3S/c1-3-34-18-16-25-22-26(42)10-13-28(25)32(34)29(23-33(2)30(34)14-15-31(33)43)24-8-11-27(12-9-24)44-19-5-4-6-20-45-21-7-17-35(37,38)36(39,40)41/h3,8-13,22,29-32,42-43H,1,4-7,14-21,23H2,2H3/t29-,30?,31+,32?,33+,34+/m1/s1. The molecule has 9 heteroatoms. The Kier molecular flexibility index (Phi) is 10.2. The van der Waals surface area contributed by atoms with Gasteiger partial charge in [0.2, 0.25) is 0 Å². The molecule has 0 aliphatic heterocycles. The second-order valence-corrected chi connectivity index (χ2v) is 14.8. The largest absolute Gasteiger partial charge is 0.508 e. The first-order chi connectivity index (χ1) is 21.3. The third kappa shape index (κ3) is 6.76. The van der Waals surface area contributed by atoms with Gasteiger partial charge in [0.05, 0.1) is 12.7 Å². The summed E-state index contributed by atoms with van der Waals surface area (Å²) in [4.78, 5) is 0. The van der Waals surface area contributed by atoms with Gasteiger partial charge in [-0.05, 0) is 133 Å². The summed E-state index contributed by atoms with van der Waals surface area (Å²) in [5.74, 6) is -1.80. The Bertz CT molecular complexity index is 1310. The van der Waals surface area contributed by atoms with Gasteiger partial charge >= 0.3 is 12.1 Å². The molecule has 2 aromatic rings. The molecule has 0 amide bonds. The van der Waals surface area contributed by atoms with E-state index >= 15 is 0 Å². The number of alkyl halides is 5. The molecule has 5 rings (SSSR count). The Balaban J connectivity index is 1.16. The van der Waals surface area contributed by atoms with Crippen LogP contribution in [0.25, 0.3) is 0 Å². The molecule has 2 saturated carbocycles. The van der Waals surface area contributed by atoms with Gasteiger partial charge in [0, 0.05) is 12.3 Å². The Morgan fingerprint density at radius 2 is 1.73 bits per heavy atom. The fourth-order valence-corrected chi connectivity index (χ4v) is 9.63. The minimum Gasteiger partial charge on any atom is -0.508 e. The molecule has 2 aromatic carbocycles. The number of allylic oxidation sites excluding steroid dienone is 1. The van der Waals surface area contributed by atoms with Crippen LogP contribution in [-0.4, -0.2) is 46.5 Å². The zero-order valence-electron chi connectivity index (χ0n) is 25.9. The maximum absolute atomic E-state index is 13.0. The Hall–Kier alpha value is -2.26. The Labute approximate surface area is 267 Å². The summed E-state index contributed by atoms with van der Waals surface area (Å²) < 4.78 is 68.7.